The summed E-state index contributed by atoms with van der Waals surface area (Å²) in [6.07, 6.45) is 3.52. The molecule has 2 aromatic rings. The summed E-state index contributed by atoms with van der Waals surface area (Å²) in [5.74, 6) is -1.97. The zero-order valence-electron chi connectivity index (χ0n) is 18.4. The van der Waals surface area contributed by atoms with Crippen molar-refractivity contribution in [1.82, 2.24) is 20.6 Å². The lowest BCUT2D eigenvalue weighted by atomic mass is 9.85. The molecule has 33 heavy (non-hydrogen) atoms. The van der Waals surface area contributed by atoms with Gasteiger partial charge in [0.1, 0.15) is 11.5 Å². The number of benzene rings is 1. The molecule has 0 radical (unpaired) electrons. The van der Waals surface area contributed by atoms with Gasteiger partial charge in [0.2, 0.25) is 5.91 Å². The zero-order valence-corrected chi connectivity index (χ0v) is 19.1. The molecule has 1 saturated carbocycles. The number of nitrogens with zero attached hydrogens (tertiary/aromatic N) is 1. The van der Waals surface area contributed by atoms with Crippen molar-refractivity contribution in [3.05, 3.63) is 46.8 Å². The zero-order chi connectivity index (χ0) is 24.2. The van der Waals surface area contributed by atoms with Crippen molar-refractivity contribution >= 4 is 35.0 Å². The average molecular weight is 480 g/mol. The van der Waals surface area contributed by atoms with E-state index in [1.807, 2.05) is 0 Å². The van der Waals surface area contributed by atoms with Crippen molar-refractivity contribution in [3.8, 4) is 0 Å². The molecule has 0 spiro atoms. The van der Waals surface area contributed by atoms with Gasteiger partial charge in [-0.2, -0.15) is 0 Å². The molecule has 0 unspecified atom stereocenters. The number of halogens is 2. The molecular weight excluding hydrogens is 453 g/mol. The van der Waals surface area contributed by atoms with E-state index in [0.29, 0.717) is 31.4 Å². The van der Waals surface area contributed by atoms with Crippen LogP contribution in [0, 0.1) is 11.7 Å². The first-order valence-corrected chi connectivity index (χ1v) is 11.0. The molecule has 0 bridgehead atoms. The van der Waals surface area contributed by atoms with Crippen molar-refractivity contribution in [3.63, 3.8) is 0 Å². The lowest BCUT2D eigenvalue weighted by Crippen LogP contribution is -2.41. The summed E-state index contributed by atoms with van der Waals surface area (Å²) in [7, 11) is 0. The fraction of sp³-hybridized carbons (Fsp3) is 0.455. The molecule has 178 valence electrons. The summed E-state index contributed by atoms with van der Waals surface area (Å²) in [6, 6.07) is 3.62. The van der Waals surface area contributed by atoms with E-state index in [0.717, 1.165) is 6.07 Å². The van der Waals surface area contributed by atoms with Gasteiger partial charge in [-0.25, -0.2) is 9.37 Å². The van der Waals surface area contributed by atoms with E-state index < -0.39 is 23.2 Å². The minimum Gasteiger partial charge on any atom is -0.389 e. The topological polar surface area (TPSA) is 136 Å². The van der Waals surface area contributed by atoms with E-state index in [2.05, 4.69) is 25.9 Å². The first-order chi connectivity index (χ1) is 15.5. The van der Waals surface area contributed by atoms with Crippen LogP contribution >= 0.6 is 11.6 Å². The van der Waals surface area contributed by atoms with Gasteiger partial charge >= 0.3 is 0 Å². The second-order valence-electron chi connectivity index (χ2n) is 8.76. The van der Waals surface area contributed by atoms with Gasteiger partial charge in [-0.05, 0) is 57.7 Å². The number of imidazole rings is 1. The molecule has 9 nitrogen and oxygen atoms in total. The number of aromatic amines is 1. The summed E-state index contributed by atoms with van der Waals surface area (Å²) in [4.78, 5) is 44.2. The van der Waals surface area contributed by atoms with Crippen LogP contribution in [0.25, 0.3) is 0 Å². The normalized spacial score (nSPS) is 18.5. The Balaban J connectivity index is 1.51. The smallest absolute Gasteiger partial charge is 0.272 e. The van der Waals surface area contributed by atoms with Crippen LogP contribution < -0.4 is 16.0 Å². The van der Waals surface area contributed by atoms with E-state index in [4.69, 9.17) is 11.6 Å². The van der Waals surface area contributed by atoms with Crippen LogP contribution in [0.5, 0.6) is 0 Å². The van der Waals surface area contributed by atoms with Gasteiger partial charge in [0.25, 0.3) is 11.8 Å². The number of hydrogen-bond acceptors (Lipinski definition) is 5. The van der Waals surface area contributed by atoms with Gasteiger partial charge in [-0.15, -0.1) is 0 Å². The van der Waals surface area contributed by atoms with Crippen molar-refractivity contribution in [2.75, 3.05) is 11.9 Å². The second kappa shape index (κ2) is 10.3. The molecule has 1 aliphatic rings. The third-order valence-electron chi connectivity index (χ3n) is 5.39. The Morgan fingerprint density at radius 1 is 1.21 bits per heavy atom. The molecule has 3 amide bonds. The Kier molecular flexibility index (Phi) is 7.70. The number of hydrogen-bond donors (Lipinski definition) is 5. The van der Waals surface area contributed by atoms with Crippen molar-refractivity contribution < 1.29 is 23.9 Å². The summed E-state index contributed by atoms with van der Waals surface area (Å²) in [6.45, 7) is 3.11. The highest BCUT2D eigenvalue weighted by atomic mass is 35.5. The Labute approximate surface area is 195 Å². The second-order valence-corrected chi connectivity index (χ2v) is 9.16. The third-order valence-corrected chi connectivity index (χ3v) is 5.70. The molecular formula is C22H27ClFN5O4. The van der Waals surface area contributed by atoms with Gasteiger partial charge in [0, 0.05) is 18.5 Å². The fourth-order valence-corrected chi connectivity index (χ4v) is 3.82. The Bertz CT molecular complexity index is 1030. The Morgan fingerprint density at radius 3 is 2.55 bits per heavy atom. The van der Waals surface area contributed by atoms with E-state index in [-0.39, 0.29) is 40.8 Å². The quantitative estimate of drug-likeness (QED) is 0.416. The van der Waals surface area contributed by atoms with E-state index in [1.54, 1.807) is 13.8 Å². The van der Waals surface area contributed by atoms with Gasteiger partial charge < -0.3 is 26.0 Å². The highest BCUT2D eigenvalue weighted by molar-refractivity contribution is 6.33. The highest BCUT2D eigenvalue weighted by Gasteiger charge is 2.29. The number of rotatable bonds is 7. The largest absolute Gasteiger partial charge is 0.389 e. The molecule has 0 saturated heterocycles. The van der Waals surface area contributed by atoms with Crippen molar-refractivity contribution in [1.29, 1.82) is 0 Å². The van der Waals surface area contributed by atoms with Crippen LogP contribution in [-0.4, -0.2) is 51.0 Å². The highest BCUT2D eigenvalue weighted by Crippen LogP contribution is 2.28. The maximum atomic E-state index is 13.2. The molecule has 1 aromatic carbocycles. The predicted molar refractivity (Wildman–Crippen MR) is 120 cm³/mol. The average Bonchev–Trinajstić information content (AvgIpc) is 3.24. The molecule has 0 atom stereocenters. The van der Waals surface area contributed by atoms with Gasteiger partial charge in [0.15, 0.2) is 5.69 Å². The number of carbonyl (C=O) groups excluding carboxylic acids is 3. The number of amides is 3. The van der Waals surface area contributed by atoms with Crippen molar-refractivity contribution in [2.24, 2.45) is 5.92 Å². The molecule has 5 N–H and O–H groups in total. The van der Waals surface area contributed by atoms with Gasteiger partial charge in [-0.3, -0.25) is 14.4 Å². The summed E-state index contributed by atoms with van der Waals surface area (Å²) < 4.78 is 13.2. The summed E-state index contributed by atoms with van der Waals surface area (Å²) >= 11 is 5.97. The van der Waals surface area contributed by atoms with Gasteiger partial charge in [-0.1, -0.05) is 11.6 Å². The van der Waals surface area contributed by atoms with E-state index in [1.165, 1.54) is 18.5 Å². The first-order valence-electron chi connectivity index (χ1n) is 10.6. The molecule has 1 heterocycles. The third kappa shape index (κ3) is 6.75. The number of carbonyl (C=O) groups is 3. The lowest BCUT2D eigenvalue weighted by Gasteiger charge is -2.28. The van der Waals surface area contributed by atoms with Crippen molar-refractivity contribution in [2.45, 2.75) is 51.2 Å². The minimum atomic E-state index is -1.10. The maximum Gasteiger partial charge on any atom is 0.272 e. The number of anilines is 1. The fourth-order valence-electron chi connectivity index (χ4n) is 3.60. The Morgan fingerprint density at radius 2 is 1.91 bits per heavy atom. The summed E-state index contributed by atoms with van der Waals surface area (Å²) in [5, 5.41) is 18.0. The molecule has 1 aromatic heterocycles. The SMILES string of the molecule is CC(C)(O)CNC(=O)c1nc[nH]c1C(=O)N[C@H]1CC[C@H](C(=O)Nc2ccc(F)cc2Cl)CC1. The number of H-pyrrole nitrogens is 1. The lowest BCUT2D eigenvalue weighted by molar-refractivity contribution is -0.120. The van der Waals surface area contributed by atoms with E-state index in [9.17, 15) is 23.9 Å². The van der Waals surface area contributed by atoms with Crippen LogP contribution in [0.2, 0.25) is 5.02 Å². The number of aliphatic hydroxyl groups is 1. The molecule has 1 fully saturated rings. The predicted octanol–water partition coefficient (Wildman–Crippen LogP) is 2.63. The van der Waals surface area contributed by atoms with Crippen LogP contribution in [-0.2, 0) is 4.79 Å². The Hall–Kier alpha value is -2.98. The van der Waals surface area contributed by atoms with Crippen LogP contribution in [0.3, 0.4) is 0 Å². The molecule has 0 aliphatic heterocycles. The number of aromatic nitrogens is 2. The maximum absolute atomic E-state index is 13.2. The first kappa shape index (κ1) is 24.7. The monoisotopic (exact) mass is 479 g/mol. The molecule has 3 rings (SSSR count). The standard InChI is InChI=1S/C22H27ClFN5O4/c1-22(2,33)10-25-20(31)17-18(27-11-26-17)21(32)28-14-6-3-12(4-7-14)19(30)29-16-8-5-13(24)9-15(16)23/h5,8-9,11-12,14,33H,3-4,6-7,10H2,1-2H3,(H,25,31)(H,26,27)(H,28,32)(H,29,30)/t12-,14-. The van der Waals surface area contributed by atoms with Crippen LogP contribution in [0.1, 0.15) is 60.5 Å². The number of nitrogens with one attached hydrogen (secondary N) is 4. The molecule has 11 heteroatoms. The van der Waals surface area contributed by atoms with Crippen LogP contribution in [0.4, 0.5) is 10.1 Å². The van der Waals surface area contributed by atoms with Gasteiger partial charge in [0.05, 0.1) is 22.6 Å². The van der Waals surface area contributed by atoms with E-state index >= 15 is 0 Å². The molecule has 1 aliphatic carbocycles. The van der Waals surface area contributed by atoms with Crippen LogP contribution in [0.15, 0.2) is 24.5 Å². The summed E-state index contributed by atoms with van der Waals surface area (Å²) in [5.41, 5.74) is -0.760. The minimum absolute atomic E-state index is 0.00889.